The summed E-state index contributed by atoms with van der Waals surface area (Å²) >= 11 is 9.19. The van der Waals surface area contributed by atoms with Crippen LogP contribution in [-0.2, 0) is 0 Å². The first-order valence-corrected chi connectivity index (χ1v) is 6.70. The maximum atomic E-state index is 12.1. The van der Waals surface area contributed by atoms with Crippen molar-refractivity contribution in [3.05, 3.63) is 57.0 Å². The number of aromatic hydroxyl groups is 1. The fourth-order valence-electron chi connectivity index (χ4n) is 1.60. The maximum Gasteiger partial charge on any atom is 0.256 e. The van der Waals surface area contributed by atoms with Gasteiger partial charge in [0, 0.05) is 15.2 Å². The van der Waals surface area contributed by atoms with E-state index in [0.717, 1.165) is 0 Å². The highest BCUT2D eigenvalue weighted by Crippen LogP contribution is 2.24. The molecule has 5 heteroatoms. The van der Waals surface area contributed by atoms with Crippen molar-refractivity contribution < 1.29 is 9.90 Å². The average Bonchev–Trinajstić information content (AvgIpc) is 2.36. The molecule has 2 aromatic carbocycles. The number of nitrogens with one attached hydrogen (secondary N) is 1. The molecule has 0 heterocycles. The minimum Gasteiger partial charge on any atom is -0.508 e. The maximum absolute atomic E-state index is 12.1. The van der Waals surface area contributed by atoms with Gasteiger partial charge in [0.25, 0.3) is 5.91 Å². The van der Waals surface area contributed by atoms with E-state index in [1.54, 1.807) is 37.3 Å². The highest BCUT2D eigenvalue weighted by molar-refractivity contribution is 9.10. The molecule has 1 amide bonds. The Hall–Kier alpha value is -1.52. The zero-order valence-corrected chi connectivity index (χ0v) is 12.4. The number of carbonyl (C=O) groups excluding carboxylic acids is 1. The molecule has 2 aromatic rings. The van der Waals surface area contributed by atoms with Crippen molar-refractivity contribution >= 4 is 39.1 Å². The molecule has 0 atom stereocenters. The first-order chi connectivity index (χ1) is 8.97. The van der Waals surface area contributed by atoms with Crippen LogP contribution >= 0.6 is 27.5 Å². The Morgan fingerprint density at radius 1 is 1.26 bits per heavy atom. The van der Waals surface area contributed by atoms with Crippen molar-refractivity contribution in [1.82, 2.24) is 0 Å². The normalized spacial score (nSPS) is 10.3. The summed E-state index contributed by atoms with van der Waals surface area (Å²) in [5.74, 6) is -0.0681. The minimum atomic E-state index is -0.264. The standard InChI is InChI=1S/C14H11BrClNO2/c1-8-6-10(3-5-13(8)18)17-14(19)11-7-9(16)2-4-12(11)15/h2-7,18H,1H3,(H,17,19). The highest BCUT2D eigenvalue weighted by atomic mass is 79.9. The quantitative estimate of drug-likeness (QED) is 0.798. The average molecular weight is 341 g/mol. The molecule has 0 radical (unpaired) electrons. The summed E-state index contributed by atoms with van der Waals surface area (Å²) in [6.07, 6.45) is 0. The number of rotatable bonds is 2. The number of phenols is 1. The van der Waals surface area contributed by atoms with Crippen LogP contribution < -0.4 is 5.32 Å². The summed E-state index contributed by atoms with van der Waals surface area (Å²) in [5, 5.41) is 12.7. The van der Waals surface area contributed by atoms with Gasteiger partial charge in [0.1, 0.15) is 5.75 Å². The summed E-state index contributed by atoms with van der Waals surface area (Å²) in [6, 6.07) is 9.89. The Balaban J connectivity index is 2.25. The van der Waals surface area contributed by atoms with E-state index in [0.29, 0.717) is 26.3 Å². The number of halogens is 2. The van der Waals surface area contributed by atoms with Gasteiger partial charge in [-0.3, -0.25) is 4.79 Å². The lowest BCUT2D eigenvalue weighted by Crippen LogP contribution is -2.12. The SMILES string of the molecule is Cc1cc(NC(=O)c2cc(Cl)ccc2Br)ccc1O. The number of hydrogen-bond acceptors (Lipinski definition) is 2. The van der Waals surface area contributed by atoms with E-state index in [9.17, 15) is 9.90 Å². The van der Waals surface area contributed by atoms with Gasteiger partial charge in [0.15, 0.2) is 0 Å². The molecular weight excluding hydrogens is 330 g/mol. The van der Waals surface area contributed by atoms with Crippen LogP contribution in [0.25, 0.3) is 0 Å². The van der Waals surface area contributed by atoms with Gasteiger partial charge in [0.2, 0.25) is 0 Å². The van der Waals surface area contributed by atoms with Crippen molar-refractivity contribution in [3.63, 3.8) is 0 Å². The van der Waals surface area contributed by atoms with Crippen LogP contribution in [0.15, 0.2) is 40.9 Å². The van der Waals surface area contributed by atoms with E-state index in [1.165, 1.54) is 6.07 Å². The van der Waals surface area contributed by atoms with Crippen LogP contribution in [0.1, 0.15) is 15.9 Å². The van der Waals surface area contributed by atoms with Gasteiger partial charge >= 0.3 is 0 Å². The van der Waals surface area contributed by atoms with Gasteiger partial charge in [-0.05, 0) is 64.8 Å². The largest absolute Gasteiger partial charge is 0.508 e. The first-order valence-electron chi connectivity index (χ1n) is 5.53. The number of amides is 1. The number of benzene rings is 2. The molecule has 0 saturated heterocycles. The number of anilines is 1. The number of aryl methyl sites for hydroxylation is 1. The Bertz CT molecular complexity index is 643. The summed E-state index contributed by atoms with van der Waals surface area (Å²) < 4.78 is 0.671. The van der Waals surface area contributed by atoms with Gasteiger partial charge in [-0.15, -0.1) is 0 Å². The van der Waals surface area contributed by atoms with E-state index < -0.39 is 0 Å². The number of phenolic OH excluding ortho intramolecular Hbond substituents is 1. The summed E-state index contributed by atoms with van der Waals surface area (Å²) in [4.78, 5) is 12.1. The van der Waals surface area contributed by atoms with Crippen LogP contribution in [0.5, 0.6) is 5.75 Å². The smallest absolute Gasteiger partial charge is 0.256 e. The molecule has 0 aromatic heterocycles. The van der Waals surface area contributed by atoms with E-state index in [1.807, 2.05) is 0 Å². The van der Waals surface area contributed by atoms with Crippen LogP contribution in [0.3, 0.4) is 0 Å². The molecule has 0 aliphatic heterocycles. The second-order valence-corrected chi connectivity index (χ2v) is 5.37. The lowest BCUT2D eigenvalue weighted by Gasteiger charge is -2.08. The summed E-state index contributed by atoms with van der Waals surface area (Å²) in [5.41, 5.74) is 1.77. The van der Waals surface area contributed by atoms with Crippen molar-refractivity contribution in [2.24, 2.45) is 0 Å². The number of carbonyl (C=O) groups is 1. The zero-order valence-electron chi connectivity index (χ0n) is 10.1. The topological polar surface area (TPSA) is 49.3 Å². The molecule has 0 aliphatic carbocycles. The fraction of sp³-hybridized carbons (Fsp3) is 0.0714. The first kappa shape index (κ1) is 13.9. The van der Waals surface area contributed by atoms with Gasteiger partial charge in [-0.25, -0.2) is 0 Å². The molecule has 0 spiro atoms. The van der Waals surface area contributed by atoms with Gasteiger partial charge in [-0.2, -0.15) is 0 Å². The minimum absolute atomic E-state index is 0.196. The molecule has 0 bridgehead atoms. The van der Waals surface area contributed by atoms with Gasteiger partial charge in [-0.1, -0.05) is 11.6 Å². The number of hydrogen-bond donors (Lipinski definition) is 2. The Labute approximate surface area is 124 Å². The zero-order chi connectivity index (χ0) is 14.0. The molecule has 0 unspecified atom stereocenters. The molecule has 98 valence electrons. The van der Waals surface area contributed by atoms with Gasteiger partial charge in [0.05, 0.1) is 5.56 Å². The molecule has 0 aliphatic rings. The second kappa shape index (κ2) is 5.63. The van der Waals surface area contributed by atoms with Crippen LogP contribution in [-0.4, -0.2) is 11.0 Å². The van der Waals surface area contributed by atoms with E-state index >= 15 is 0 Å². The van der Waals surface area contributed by atoms with Crippen LogP contribution in [0.2, 0.25) is 5.02 Å². The molecule has 19 heavy (non-hydrogen) atoms. The van der Waals surface area contributed by atoms with Crippen molar-refractivity contribution in [3.8, 4) is 5.75 Å². The third-order valence-electron chi connectivity index (χ3n) is 2.63. The monoisotopic (exact) mass is 339 g/mol. The molecular formula is C14H11BrClNO2. The Morgan fingerprint density at radius 3 is 2.68 bits per heavy atom. The van der Waals surface area contributed by atoms with Gasteiger partial charge < -0.3 is 10.4 Å². The van der Waals surface area contributed by atoms with Crippen molar-refractivity contribution in [2.45, 2.75) is 6.92 Å². The van der Waals surface area contributed by atoms with E-state index in [-0.39, 0.29) is 11.7 Å². The molecule has 3 nitrogen and oxygen atoms in total. The third-order valence-corrected chi connectivity index (χ3v) is 3.55. The third kappa shape index (κ3) is 3.28. The fourth-order valence-corrected chi connectivity index (χ4v) is 2.20. The van der Waals surface area contributed by atoms with Crippen LogP contribution in [0, 0.1) is 6.92 Å². The van der Waals surface area contributed by atoms with Crippen molar-refractivity contribution in [1.29, 1.82) is 0 Å². The molecule has 0 saturated carbocycles. The van der Waals surface area contributed by atoms with Crippen molar-refractivity contribution in [2.75, 3.05) is 5.32 Å². The van der Waals surface area contributed by atoms with E-state index in [2.05, 4.69) is 21.2 Å². The second-order valence-electron chi connectivity index (χ2n) is 4.08. The van der Waals surface area contributed by atoms with E-state index in [4.69, 9.17) is 11.6 Å². The summed E-state index contributed by atoms with van der Waals surface area (Å²) in [6.45, 7) is 1.76. The Kier molecular flexibility index (Phi) is 4.12. The molecule has 2 N–H and O–H groups in total. The lowest BCUT2D eigenvalue weighted by molar-refractivity contribution is 0.102. The van der Waals surface area contributed by atoms with Crippen LogP contribution in [0.4, 0.5) is 5.69 Å². The molecule has 2 rings (SSSR count). The molecule has 0 fully saturated rings. The summed E-state index contributed by atoms with van der Waals surface area (Å²) in [7, 11) is 0. The highest BCUT2D eigenvalue weighted by Gasteiger charge is 2.11. The Morgan fingerprint density at radius 2 is 2.00 bits per heavy atom. The predicted octanol–water partition coefficient (Wildman–Crippen LogP) is 4.37. The lowest BCUT2D eigenvalue weighted by atomic mass is 10.1. The predicted molar refractivity (Wildman–Crippen MR) is 79.9 cm³/mol.